The van der Waals surface area contributed by atoms with Gasteiger partial charge in [0.15, 0.2) is 0 Å². The van der Waals surface area contributed by atoms with Crippen LogP contribution in [0, 0.1) is 11.3 Å². The third-order valence-electron chi connectivity index (χ3n) is 8.30. The summed E-state index contributed by atoms with van der Waals surface area (Å²) in [6.07, 6.45) is -0.101. The number of carbonyl (C=O) groups is 4. The molecular formula is C36H50N6O7S. The Kier molecular flexibility index (Phi) is 15.2. The Labute approximate surface area is 298 Å². The molecule has 0 radical (unpaired) electrons. The number of hydrogen-bond acceptors (Lipinski definition) is 10. The first-order chi connectivity index (χ1) is 23.7. The third kappa shape index (κ3) is 12.1. The fourth-order valence-corrected chi connectivity index (χ4v) is 5.87. The zero-order chi connectivity index (χ0) is 36.8. The molecule has 0 saturated carbocycles. The van der Waals surface area contributed by atoms with Gasteiger partial charge < -0.3 is 30.5 Å². The maximum Gasteiger partial charge on any atom is 0.407 e. The van der Waals surface area contributed by atoms with Crippen molar-refractivity contribution in [2.45, 2.75) is 78.2 Å². The monoisotopic (exact) mass is 710 g/mol. The van der Waals surface area contributed by atoms with Crippen molar-refractivity contribution in [1.29, 1.82) is 0 Å². The Morgan fingerprint density at radius 2 is 1.54 bits per heavy atom. The molecule has 3 aromatic rings. The fraction of sp³-hybridized carbons (Fsp3) is 0.472. The van der Waals surface area contributed by atoms with E-state index in [9.17, 15) is 24.3 Å². The van der Waals surface area contributed by atoms with Crippen LogP contribution < -0.4 is 21.4 Å². The van der Waals surface area contributed by atoms with Gasteiger partial charge in [0.05, 0.1) is 26.4 Å². The first-order valence-electron chi connectivity index (χ1n) is 16.5. The number of rotatable bonds is 16. The summed E-state index contributed by atoms with van der Waals surface area (Å²) in [6.45, 7) is 9.26. The normalized spacial score (nSPS) is 14.4. The molecule has 0 bridgehead atoms. The van der Waals surface area contributed by atoms with E-state index in [2.05, 4.69) is 26.4 Å². The van der Waals surface area contributed by atoms with Gasteiger partial charge in [0.2, 0.25) is 5.91 Å². The summed E-state index contributed by atoms with van der Waals surface area (Å²) < 4.78 is 9.53. The van der Waals surface area contributed by atoms with Crippen LogP contribution in [0.5, 0.6) is 0 Å². The van der Waals surface area contributed by atoms with Crippen molar-refractivity contribution >= 4 is 35.3 Å². The number of hydrogen-bond donors (Lipinski definition) is 5. The van der Waals surface area contributed by atoms with Gasteiger partial charge in [-0.15, -0.1) is 11.3 Å². The van der Waals surface area contributed by atoms with Crippen molar-refractivity contribution in [3.8, 4) is 10.6 Å². The summed E-state index contributed by atoms with van der Waals surface area (Å²) in [4.78, 5) is 56.1. The number of methoxy groups -OCH3 is 2. The lowest BCUT2D eigenvalue weighted by atomic mass is 9.86. The van der Waals surface area contributed by atoms with E-state index in [-0.39, 0.29) is 25.4 Å². The van der Waals surface area contributed by atoms with E-state index in [0.29, 0.717) is 6.42 Å². The quantitative estimate of drug-likeness (QED) is 0.136. The summed E-state index contributed by atoms with van der Waals surface area (Å²) in [5.41, 5.74) is 4.83. The van der Waals surface area contributed by atoms with Gasteiger partial charge >= 0.3 is 12.2 Å². The minimum Gasteiger partial charge on any atom is -0.453 e. The predicted octanol–water partition coefficient (Wildman–Crippen LogP) is 4.27. The summed E-state index contributed by atoms with van der Waals surface area (Å²) in [5.74, 6) is -1.23. The second kappa shape index (κ2) is 19.0. The molecule has 0 spiro atoms. The largest absolute Gasteiger partial charge is 0.453 e. The first kappa shape index (κ1) is 39.9. The SMILES string of the molecule is CC[C@H](C)[C@H](NC(=O)OC)C(=O)N[C@@H](Cc1ccccc1)[C@@H](O)CN(Cc1ccc(-c2nccs2)cc1)NC(=O)[C@@H](NC(=O)OC)C(C)(C)C. The van der Waals surface area contributed by atoms with E-state index in [1.165, 1.54) is 25.6 Å². The van der Waals surface area contributed by atoms with E-state index in [0.717, 1.165) is 21.7 Å². The Balaban J connectivity index is 1.94. The highest BCUT2D eigenvalue weighted by molar-refractivity contribution is 7.13. The summed E-state index contributed by atoms with van der Waals surface area (Å²) in [6, 6.07) is 14.3. The number of aliphatic hydroxyl groups excluding tert-OH is 1. The number of aliphatic hydroxyl groups is 1. The fourth-order valence-electron chi connectivity index (χ4n) is 5.23. The first-order valence-corrected chi connectivity index (χ1v) is 17.4. The lowest BCUT2D eigenvalue weighted by Gasteiger charge is -2.35. The van der Waals surface area contributed by atoms with Crippen LogP contribution in [-0.2, 0) is 32.0 Å². The van der Waals surface area contributed by atoms with E-state index in [1.54, 1.807) is 11.2 Å². The predicted molar refractivity (Wildman–Crippen MR) is 192 cm³/mol. The van der Waals surface area contributed by atoms with Gasteiger partial charge in [0.1, 0.15) is 17.1 Å². The molecule has 272 valence electrons. The van der Waals surface area contributed by atoms with Crippen LogP contribution in [-0.4, -0.2) is 84.1 Å². The topological polar surface area (TPSA) is 171 Å². The van der Waals surface area contributed by atoms with Gasteiger partial charge in [-0.05, 0) is 28.9 Å². The van der Waals surface area contributed by atoms with Crippen LogP contribution in [0.15, 0.2) is 66.2 Å². The molecule has 5 N–H and O–H groups in total. The number of amides is 4. The van der Waals surface area contributed by atoms with E-state index < -0.39 is 53.6 Å². The van der Waals surface area contributed by atoms with Crippen molar-refractivity contribution in [2.24, 2.45) is 11.3 Å². The zero-order valence-electron chi connectivity index (χ0n) is 29.8. The third-order valence-corrected chi connectivity index (χ3v) is 9.13. The maximum absolute atomic E-state index is 13.8. The minimum absolute atomic E-state index is 0.106. The number of nitrogens with zero attached hydrogens (tertiary/aromatic N) is 2. The van der Waals surface area contributed by atoms with Gasteiger partial charge in [0.25, 0.3) is 5.91 Å². The Morgan fingerprint density at radius 3 is 2.10 bits per heavy atom. The lowest BCUT2D eigenvalue weighted by molar-refractivity contribution is -0.132. The summed E-state index contributed by atoms with van der Waals surface area (Å²) in [7, 11) is 2.45. The molecule has 0 aliphatic rings. The van der Waals surface area contributed by atoms with Crippen LogP contribution in [0.25, 0.3) is 10.6 Å². The van der Waals surface area contributed by atoms with Crippen molar-refractivity contribution in [1.82, 2.24) is 31.4 Å². The number of aromatic nitrogens is 1. The summed E-state index contributed by atoms with van der Waals surface area (Å²) >= 11 is 1.52. The van der Waals surface area contributed by atoms with E-state index in [1.807, 2.05) is 94.6 Å². The number of hydrazine groups is 1. The van der Waals surface area contributed by atoms with Crippen molar-refractivity contribution < 1.29 is 33.8 Å². The van der Waals surface area contributed by atoms with Crippen LogP contribution in [0.2, 0.25) is 0 Å². The van der Waals surface area contributed by atoms with E-state index >= 15 is 0 Å². The molecule has 2 aromatic carbocycles. The maximum atomic E-state index is 13.8. The zero-order valence-corrected chi connectivity index (χ0v) is 30.6. The lowest BCUT2D eigenvalue weighted by Crippen LogP contribution is -2.60. The van der Waals surface area contributed by atoms with Gasteiger partial charge in [-0.2, -0.15) is 0 Å². The van der Waals surface area contributed by atoms with Gasteiger partial charge in [0, 0.05) is 30.2 Å². The molecule has 5 atom stereocenters. The molecular weight excluding hydrogens is 660 g/mol. The van der Waals surface area contributed by atoms with Crippen molar-refractivity contribution in [3.05, 3.63) is 77.3 Å². The highest BCUT2D eigenvalue weighted by Gasteiger charge is 2.35. The molecule has 0 aliphatic carbocycles. The number of benzene rings is 2. The molecule has 0 aliphatic heterocycles. The number of alkyl carbamates (subject to hydrolysis) is 2. The standard InChI is InChI=1S/C36H50N6O7S/c1-8-23(2)29(39-34(46)48-6)31(44)38-27(20-24-12-10-9-11-13-24)28(43)22-42(41-32(45)30(36(3,4)5)40-35(47)49-7)21-25-14-16-26(17-15-25)33-37-18-19-50-33/h9-19,23,27-30,43H,8,20-22H2,1-7H3,(H,38,44)(H,39,46)(H,40,47)(H,41,45)/t23-,27-,28-,29-,30+/m0/s1. The number of thiazole rings is 1. The van der Waals surface area contributed by atoms with E-state index in [4.69, 9.17) is 9.47 Å². The van der Waals surface area contributed by atoms with Crippen LogP contribution in [0.3, 0.4) is 0 Å². The van der Waals surface area contributed by atoms with Gasteiger partial charge in [-0.1, -0.05) is 95.6 Å². The highest BCUT2D eigenvalue weighted by atomic mass is 32.1. The molecule has 50 heavy (non-hydrogen) atoms. The van der Waals surface area contributed by atoms with Crippen molar-refractivity contribution in [2.75, 3.05) is 20.8 Å². The van der Waals surface area contributed by atoms with Gasteiger partial charge in [-0.3, -0.25) is 15.0 Å². The molecule has 14 heteroatoms. The van der Waals surface area contributed by atoms with Crippen LogP contribution in [0.1, 0.15) is 52.2 Å². The average molecular weight is 711 g/mol. The molecule has 0 unspecified atom stereocenters. The van der Waals surface area contributed by atoms with Crippen LogP contribution in [0.4, 0.5) is 9.59 Å². The molecule has 4 amide bonds. The Bertz CT molecular complexity index is 1520. The second-order valence-electron chi connectivity index (χ2n) is 13.2. The van der Waals surface area contributed by atoms with Gasteiger partial charge in [-0.25, -0.2) is 19.6 Å². The minimum atomic E-state index is -1.20. The van der Waals surface area contributed by atoms with Crippen LogP contribution >= 0.6 is 11.3 Å². The molecule has 13 nitrogen and oxygen atoms in total. The molecule has 1 heterocycles. The molecule has 0 saturated heterocycles. The number of nitrogens with one attached hydrogen (secondary N) is 4. The van der Waals surface area contributed by atoms with Crippen molar-refractivity contribution in [3.63, 3.8) is 0 Å². The number of carbonyl (C=O) groups excluding carboxylic acids is 4. The molecule has 3 rings (SSSR count). The second-order valence-corrected chi connectivity index (χ2v) is 14.1. The molecule has 1 aromatic heterocycles. The average Bonchev–Trinajstić information content (AvgIpc) is 3.64. The number of ether oxygens (including phenoxy) is 2. The Morgan fingerprint density at radius 1 is 0.900 bits per heavy atom. The smallest absolute Gasteiger partial charge is 0.407 e. The molecule has 0 fully saturated rings. The summed E-state index contributed by atoms with van der Waals surface area (Å²) in [5, 5.41) is 24.3. The highest BCUT2D eigenvalue weighted by Crippen LogP contribution is 2.23. The Hall–Kier alpha value is -4.53.